The van der Waals surface area contributed by atoms with Crippen molar-refractivity contribution in [1.29, 1.82) is 0 Å². The normalized spacial score (nSPS) is 10.5. The summed E-state index contributed by atoms with van der Waals surface area (Å²) >= 11 is 0. The third kappa shape index (κ3) is 4.74. The van der Waals surface area contributed by atoms with Gasteiger partial charge in [-0.1, -0.05) is 0 Å². The number of hydrogen-bond acceptors (Lipinski definition) is 5. The second-order valence-corrected chi connectivity index (χ2v) is 7.26. The standard InChI is InChI=1S/C20H23BN6O5/c1-25-8-11(22-18(29)15-6-13(10-26(15)2)24-20(21)31)5-14(25)17(28)23-12-7-16(19(30)32-4)27(3)9-12/h5-10H,21H2,1-4H3,(H,22,29)(H,23,28)(H,24,31). The number of anilines is 3. The van der Waals surface area contributed by atoms with Crippen molar-refractivity contribution in [2.45, 2.75) is 0 Å². The fourth-order valence-corrected chi connectivity index (χ4v) is 3.25. The summed E-state index contributed by atoms with van der Waals surface area (Å²) in [5.74, 6) is -1.56. The molecule has 32 heavy (non-hydrogen) atoms. The van der Waals surface area contributed by atoms with Crippen molar-refractivity contribution in [3.8, 4) is 0 Å². The lowest BCUT2D eigenvalue weighted by molar-refractivity contribution is 0.0589. The van der Waals surface area contributed by atoms with Crippen molar-refractivity contribution in [1.82, 2.24) is 13.7 Å². The molecule has 11 nitrogen and oxygen atoms in total. The van der Waals surface area contributed by atoms with E-state index in [4.69, 9.17) is 4.74 Å². The molecule has 3 amide bonds. The molecule has 0 aromatic carbocycles. The summed E-state index contributed by atoms with van der Waals surface area (Å²) in [6, 6.07) is 4.61. The van der Waals surface area contributed by atoms with Crippen LogP contribution in [0.4, 0.5) is 21.9 Å². The topological polar surface area (TPSA) is 128 Å². The van der Waals surface area contributed by atoms with Crippen molar-refractivity contribution >= 4 is 48.5 Å². The summed E-state index contributed by atoms with van der Waals surface area (Å²) in [6.45, 7) is 0. The van der Waals surface area contributed by atoms with E-state index in [9.17, 15) is 19.2 Å². The highest BCUT2D eigenvalue weighted by atomic mass is 16.5. The molecule has 3 aromatic rings. The Bertz CT molecular complexity index is 1220. The van der Waals surface area contributed by atoms with Gasteiger partial charge < -0.3 is 34.4 Å². The zero-order chi connectivity index (χ0) is 23.6. The van der Waals surface area contributed by atoms with Crippen molar-refractivity contribution in [2.24, 2.45) is 21.1 Å². The van der Waals surface area contributed by atoms with E-state index in [0.29, 0.717) is 34.1 Å². The summed E-state index contributed by atoms with van der Waals surface area (Å²) in [6.07, 6.45) is 4.83. The molecule has 3 rings (SSSR count). The van der Waals surface area contributed by atoms with Crippen molar-refractivity contribution < 1.29 is 23.9 Å². The minimum atomic E-state index is -0.515. The van der Waals surface area contributed by atoms with Crippen LogP contribution in [0.3, 0.4) is 0 Å². The number of esters is 1. The first-order valence-corrected chi connectivity index (χ1v) is 9.56. The van der Waals surface area contributed by atoms with Gasteiger partial charge in [-0.25, -0.2) is 4.79 Å². The number of nitrogens with zero attached hydrogens (tertiary/aromatic N) is 3. The number of rotatable bonds is 6. The number of nitrogens with one attached hydrogen (secondary N) is 3. The highest BCUT2D eigenvalue weighted by Gasteiger charge is 2.18. The Labute approximate surface area is 184 Å². The summed E-state index contributed by atoms with van der Waals surface area (Å²) in [4.78, 5) is 48.3. The van der Waals surface area contributed by atoms with E-state index in [1.807, 2.05) is 0 Å². The Morgan fingerprint density at radius 1 is 0.719 bits per heavy atom. The fraction of sp³-hybridized carbons (Fsp3) is 0.200. The van der Waals surface area contributed by atoms with Gasteiger partial charge in [0.25, 0.3) is 11.8 Å². The maximum absolute atomic E-state index is 12.7. The lowest BCUT2D eigenvalue weighted by atomic mass is 10.1. The summed E-state index contributed by atoms with van der Waals surface area (Å²) < 4.78 is 9.42. The van der Waals surface area contributed by atoms with E-state index in [0.717, 1.165) is 0 Å². The van der Waals surface area contributed by atoms with Crippen LogP contribution in [0, 0.1) is 0 Å². The van der Waals surface area contributed by atoms with Crippen molar-refractivity contribution in [3.05, 3.63) is 53.9 Å². The molecular formula is C20H23BN6O5. The van der Waals surface area contributed by atoms with Crippen LogP contribution in [-0.2, 0) is 25.9 Å². The number of aromatic nitrogens is 3. The number of carbonyl (C=O) groups excluding carboxylic acids is 4. The van der Waals surface area contributed by atoms with Gasteiger partial charge in [-0.05, 0) is 18.2 Å². The predicted molar refractivity (Wildman–Crippen MR) is 121 cm³/mol. The Hall–Kier alpha value is -4.22. The largest absolute Gasteiger partial charge is 0.464 e. The Morgan fingerprint density at radius 3 is 1.50 bits per heavy atom. The number of carbonyl (C=O) groups is 4. The predicted octanol–water partition coefficient (Wildman–Crippen LogP) is 1.16. The van der Waals surface area contributed by atoms with E-state index in [-0.39, 0.29) is 5.81 Å². The number of methoxy groups -OCH3 is 1. The molecule has 0 aliphatic rings. The van der Waals surface area contributed by atoms with Gasteiger partial charge in [-0.2, -0.15) is 0 Å². The fourth-order valence-electron chi connectivity index (χ4n) is 3.25. The zero-order valence-corrected chi connectivity index (χ0v) is 18.3. The van der Waals surface area contributed by atoms with E-state index >= 15 is 0 Å². The summed E-state index contributed by atoms with van der Waals surface area (Å²) in [7, 11) is 7.69. The Kier molecular flexibility index (Phi) is 6.23. The molecule has 0 spiro atoms. The van der Waals surface area contributed by atoms with Gasteiger partial charge in [0, 0.05) is 39.7 Å². The van der Waals surface area contributed by atoms with Crippen LogP contribution in [0.2, 0.25) is 0 Å². The smallest absolute Gasteiger partial charge is 0.354 e. The molecule has 0 saturated carbocycles. The van der Waals surface area contributed by atoms with E-state index in [1.165, 1.54) is 27.1 Å². The minimum Gasteiger partial charge on any atom is -0.464 e. The van der Waals surface area contributed by atoms with Gasteiger partial charge in [0.1, 0.15) is 17.1 Å². The van der Waals surface area contributed by atoms with E-state index in [2.05, 4.69) is 16.0 Å². The van der Waals surface area contributed by atoms with Gasteiger partial charge >= 0.3 is 5.97 Å². The monoisotopic (exact) mass is 438 g/mol. The molecule has 0 aliphatic carbocycles. The van der Waals surface area contributed by atoms with Crippen LogP contribution in [-0.4, -0.2) is 52.2 Å². The highest BCUT2D eigenvalue weighted by molar-refractivity contribution is 6.60. The molecule has 12 heteroatoms. The molecule has 0 radical (unpaired) electrons. The first-order chi connectivity index (χ1) is 15.1. The summed E-state index contributed by atoms with van der Waals surface area (Å²) in [5, 5.41) is 8.09. The molecule has 166 valence electrons. The second-order valence-electron chi connectivity index (χ2n) is 7.26. The second kappa shape index (κ2) is 8.88. The molecule has 0 bridgehead atoms. The molecule has 0 unspecified atom stereocenters. The van der Waals surface area contributed by atoms with Crippen LogP contribution in [0.1, 0.15) is 31.5 Å². The van der Waals surface area contributed by atoms with Gasteiger partial charge in [0.05, 0.1) is 24.2 Å². The quantitative estimate of drug-likeness (QED) is 0.393. The van der Waals surface area contributed by atoms with Crippen molar-refractivity contribution in [3.63, 3.8) is 0 Å². The molecular weight excluding hydrogens is 415 g/mol. The van der Waals surface area contributed by atoms with Gasteiger partial charge in [0.2, 0.25) is 7.85 Å². The SMILES string of the molecule is BC(=O)Nc1cc(C(=O)Nc2cc(C(=O)Nc3cc(C(=O)OC)n(C)c3)n(C)c2)n(C)c1. The maximum Gasteiger partial charge on any atom is 0.354 e. The number of hydrogen-bond donors (Lipinski definition) is 3. The molecule has 0 aliphatic heterocycles. The van der Waals surface area contributed by atoms with Gasteiger partial charge in [-0.15, -0.1) is 0 Å². The van der Waals surface area contributed by atoms with Crippen molar-refractivity contribution in [2.75, 3.05) is 23.1 Å². The van der Waals surface area contributed by atoms with Crippen LogP contribution in [0.25, 0.3) is 0 Å². The van der Waals surface area contributed by atoms with Gasteiger partial charge in [-0.3, -0.25) is 14.4 Å². The molecule has 0 saturated heterocycles. The number of aryl methyl sites for hydroxylation is 3. The highest BCUT2D eigenvalue weighted by Crippen LogP contribution is 2.19. The van der Waals surface area contributed by atoms with Crippen LogP contribution in [0.15, 0.2) is 36.8 Å². The number of amides is 3. The first kappa shape index (κ1) is 22.5. The van der Waals surface area contributed by atoms with Gasteiger partial charge in [0.15, 0.2) is 5.81 Å². The third-order valence-corrected chi connectivity index (χ3v) is 4.71. The lowest BCUT2D eigenvalue weighted by Crippen LogP contribution is -2.15. The van der Waals surface area contributed by atoms with Crippen LogP contribution >= 0.6 is 0 Å². The minimum absolute atomic E-state index is 0.238. The molecule has 3 aromatic heterocycles. The Morgan fingerprint density at radius 2 is 1.09 bits per heavy atom. The van der Waals surface area contributed by atoms with E-state index in [1.54, 1.807) is 59.5 Å². The lowest BCUT2D eigenvalue weighted by Gasteiger charge is -2.03. The average molecular weight is 438 g/mol. The summed E-state index contributed by atoms with van der Waals surface area (Å²) in [5.41, 5.74) is 2.29. The zero-order valence-electron chi connectivity index (χ0n) is 18.3. The maximum atomic E-state index is 12.7. The number of ether oxygens (including phenoxy) is 1. The molecule has 0 fully saturated rings. The van der Waals surface area contributed by atoms with Crippen LogP contribution in [0.5, 0.6) is 0 Å². The van der Waals surface area contributed by atoms with Crippen LogP contribution < -0.4 is 16.0 Å². The molecule has 3 N–H and O–H groups in total. The Balaban J connectivity index is 1.73. The first-order valence-electron chi connectivity index (χ1n) is 9.56. The third-order valence-electron chi connectivity index (χ3n) is 4.71. The average Bonchev–Trinajstić information content (AvgIpc) is 3.37. The molecule has 3 heterocycles. The molecule has 0 atom stereocenters. The van der Waals surface area contributed by atoms with E-state index < -0.39 is 17.8 Å².